The minimum absolute atomic E-state index is 0.113. The number of piperazine rings is 1. The third kappa shape index (κ3) is 4.61. The zero-order valence-corrected chi connectivity index (χ0v) is 16.1. The average molecular weight is 394 g/mol. The van der Waals surface area contributed by atoms with Gasteiger partial charge in [-0.2, -0.15) is 0 Å². The lowest BCUT2D eigenvalue weighted by molar-refractivity contribution is -0.117. The van der Waals surface area contributed by atoms with Gasteiger partial charge in [-0.05, 0) is 36.4 Å². The highest BCUT2D eigenvalue weighted by Crippen LogP contribution is 2.29. The van der Waals surface area contributed by atoms with Crippen LogP contribution in [0.25, 0.3) is 0 Å². The summed E-state index contributed by atoms with van der Waals surface area (Å²) in [6, 6.07) is 13.2. The van der Waals surface area contributed by atoms with Crippen molar-refractivity contribution in [3.63, 3.8) is 0 Å². The average Bonchev–Trinajstić information content (AvgIpc) is 2.66. The van der Waals surface area contributed by atoms with E-state index in [0.717, 1.165) is 37.6 Å². The first-order valence-electron chi connectivity index (χ1n) is 8.42. The summed E-state index contributed by atoms with van der Waals surface area (Å²) in [5, 5.41) is 3.69. The Labute approximate surface area is 163 Å². The third-order valence-electron chi connectivity index (χ3n) is 4.40. The molecule has 0 radical (unpaired) electrons. The van der Waals surface area contributed by atoms with E-state index in [1.807, 2.05) is 12.1 Å². The van der Waals surface area contributed by atoms with Gasteiger partial charge in [-0.1, -0.05) is 29.3 Å². The molecule has 1 amide bonds. The molecule has 5 nitrogen and oxygen atoms in total. The maximum Gasteiger partial charge on any atom is 0.238 e. The second-order valence-electron chi connectivity index (χ2n) is 6.11. The molecule has 1 N–H and O–H groups in total. The van der Waals surface area contributed by atoms with Crippen LogP contribution in [0.5, 0.6) is 5.75 Å². The Kier molecular flexibility index (Phi) is 6.25. The normalized spacial score (nSPS) is 15.0. The van der Waals surface area contributed by atoms with Crippen molar-refractivity contribution in [1.82, 2.24) is 4.90 Å². The van der Waals surface area contributed by atoms with Gasteiger partial charge in [0.1, 0.15) is 5.75 Å². The summed E-state index contributed by atoms with van der Waals surface area (Å²) < 4.78 is 5.19. The van der Waals surface area contributed by atoms with E-state index >= 15 is 0 Å². The number of methoxy groups -OCH3 is 1. The highest BCUT2D eigenvalue weighted by Gasteiger charge is 2.20. The molecule has 7 heteroatoms. The topological polar surface area (TPSA) is 44.8 Å². The van der Waals surface area contributed by atoms with Crippen LogP contribution in [-0.4, -0.2) is 50.6 Å². The van der Waals surface area contributed by atoms with Crippen molar-refractivity contribution < 1.29 is 9.53 Å². The van der Waals surface area contributed by atoms with E-state index in [0.29, 0.717) is 22.3 Å². The second-order valence-corrected chi connectivity index (χ2v) is 6.92. The van der Waals surface area contributed by atoms with Gasteiger partial charge in [0.2, 0.25) is 5.91 Å². The number of hydrogen-bond donors (Lipinski definition) is 1. The summed E-state index contributed by atoms with van der Waals surface area (Å²) in [5.74, 6) is 0.736. The van der Waals surface area contributed by atoms with Crippen molar-refractivity contribution >= 4 is 40.5 Å². The highest BCUT2D eigenvalue weighted by atomic mass is 35.5. The number of hydrogen-bond acceptors (Lipinski definition) is 4. The van der Waals surface area contributed by atoms with Crippen molar-refractivity contribution in [1.29, 1.82) is 0 Å². The van der Waals surface area contributed by atoms with E-state index in [2.05, 4.69) is 27.2 Å². The zero-order chi connectivity index (χ0) is 18.5. The fourth-order valence-corrected chi connectivity index (χ4v) is 3.45. The molecule has 1 aliphatic heterocycles. The van der Waals surface area contributed by atoms with Gasteiger partial charge >= 0.3 is 0 Å². The molecular formula is C19H21Cl2N3O2. The first-order valence-corrected chi connectivity index (χ1v) is 9.17. The minimum atomic E-state index is -0.113. The summed E-state index contributed by atoms with van der Waals surface area (Å²) >= 11 is 12.2. The van der Waals surface area contributed by atoms with Crippen LogP contribution in [0, 0.1) is 0 Å². The molecule has 3 rings (SSSR count). The van der Waals surface area contributed by atoms with E-state index in [1.54, 1.807) is 25.3 Å². The maximum atomic E-state index is 12.3. The van der Waals surface area contributed by atoms with Gasteiger partial charge in [0, 0.05) is 31.9 Å². The number of nitrogens with one attached hydrogen (secondary N) is 1. The van der Waals surface area contributed by atoms with Gasteiger partial charge in [-0.15, -0.1) is 0 Å². The van der Waals surface area contributed by atoms with Gasteiger partial charge in [-0.25, -0.2) is 0 Å². The summed E-state index contributed by atoms with van der Waals surface area (Å²) in [5.41, 5.74) is 1.63. The number of anilines is 2. The van der Waals surface area contributed by atoms with Gasteiger partial charge in [0.15, 0.2) is 0 Å². The Morgan fingerprint density at radius 3 is 2.23 bits per heavy atom. The molecular weight excluding hydrogens is 373 g/mol. The summed E-state index contributed by atoms with van der Waals surface area (Å²) in [7, 11) is 1.66. The molecule has 0 spiro atoms. The molecule has 0 unspecified atom stereocenters. The van der Waals surface area contributed by atoms with Crippen molar-refractivity contribution in [3.8, 4) is 5.75 Å². The molecule has 1 saturated heterocycles. The summed E-state index contributed by atoms with van der Waals surface area (Å²) in [4.78, 5) is 16.7. The van der Waals surface area contributed by atoms with Crippen LogP contribution in [-0.2, 0) is 4.79 Å². The van der Waals surface area contributed by atoms with Crippen LogP contribution in [0.1, 0.15) is 0 Å². The summed E-state index contributed by atoms with van der Waals surface area (Å²) in [6.07, 6.45) is 0. The molecule has 138 valence electrons. The first-order chi connectivity index (χ1) is 12.6. The number of halogens is 2. The van der Waals surface area contributed by atoms with Crippen LogP contribution in [0.4, 0.5) is 11.4 Å². The SMILES string of the molecule is COc1ccc(N2CCN(CC(=O)Nc3c(Cl)cccc3Cl)CC2)cc1. The Hall–Kier alpha value is -1.95. The van der Waals surface area contributed by atoms with Gasteiger partial charge in [-0.3, -0.25) is 9.69 Å². The number of carbonyl (C=O) groups excluding carboxylic acids is 1. The van der Waals surface area contributed by atoms with Crippen LogP contribution in [0.3, 0.4) is 0 Å². The van der Waals surface area contributed by atoms with Crippen molar-refractivity contribution in [3.05, 3.63) is 52.5 Å². The van der Waals surface area contributed by atoms with Crippen LogP contribution < -0.4 is 15.0 Å². The number of nitrogens with zero attached hydrogens (tertiary/aromatic N) is 2. The first kappa shape index (κ1) is 18.8. The van der Waals surface area contributed by atoms with Crippen molar-refractivity contribution in [2.75, 3.05) is 50.1 Å². The molecule has 2 aromatic carbocycles. The van der Waals surface area contributed by atoms with E-state index in [-0.39, 0.29) is 5.91 Å². The fourth-order valence-electron chi connectivity index (χ4n) is 2.96. The van der Waals surface area contributed by atoms with E-state index < -0.39 is 0 Å². The van der Waals surface area contributed by atoms with Crippen LogP contribution in [0.15, 0.2) is 42.5 Å². The standard InChI is InChI=1S/C19H21Cl2N3O2/c1-26-15-7-5-14(6-8-15)24-11-9-23(10-12-24)13-18(25)22-19-16(20)3-2-4-17(19)21/h2-8H,9-13H2,1H3,(H,22,25). The number of benzene rings is 2. The second kappa shape index (κ2) is 8.62. The molecule has 1 aliphatic rings. The van der Waals surface area contributed by atoms with Gasteiger partial charge in [0.25, 0.3) is 0 Å². The third-order valence-corrected chi connectivity index (χ3v) is 5.03. The van der Waals surface area contributed by atoms with Crippen molar-refractivity contribution in [2.45, 2.75) is 0 Å². The van der Waals surface area contributed by atoms with Gasteiger partial charge < -0.3 is 15.0 Å². The Morgan fingerprint density at radius 2 is 1.65 bits per heavy atom. The Bertz CT molecular complexity index is 740. The number of carbonyl (C=O) groups is 1. The van der Waals surface area contributed by atoms with Crippen LogP contribution >= 0.6 is 23.2 Å². The number of amides is 1. The van der Waals surface area contributed by atoms with Crippen molar-refractivity contribution in [2.24, 2.45) is 0 Å². The summed E-state index contributed by atoms with van der Waals surface area (Å²) in [6.45, 7) is 3.68. The molecule has 2 aromatic rings. The fraction of sp³-hybridized carbons (Fsp3) is 0.316. The molecule has 1 fully saturated rings. The highest BCUT2D eigenvalue weighted by molar-refractivity contribution is 6.39. The smallest absolute Gasteiger partial charge is 0.238 e. The van der Waals surface area contributed by atoms with E-state index in [9.17, 15) is 4.79 Å². The largest absolute Gasteiger partial charge is 0.497 e. The molecule has 0 aromatic heterocycles. The molecule has 0 aliphatic carbocycles. The Balaban J connectivity index is 1.51. The van der Waals surface area contributed by atoms with E-state index in [1.165, 1.54) is 0 Å². The molecule has 1 heterocycles. The van der Waals surface area contributed by atoms with E-state index in [4.69, 9.17) is 27.9 Å². The number of ether oxygens (including phenoxy) is 1. The Morgan fingerprint density at radius 1 is 1.04 bits per heavy atom. The predicted molar refractivity (Wildman–Crippen MR) is 107 cm³/mol. The van der Waals surface area contributed by atoms with Crippen LogP contribution in [0.2, 0.25) is 10.0 Å². The maximum absolute atomic E-state index is 12.3. The lowest BCUT2D eigenvalue weighted by Gasteiger charge is -2.35. The lowest BCUT2D eigenvalue weighted by atomic mass is 10.2. The molecule has 0 saturated carbocycles. The minimum Gasteiger partial charge on any atom is -0.497 e. The molecule has 0 bridgehead atoms. The predicted octanol–water partition coefficient (Wildman–Crippen LogP) is 3.76. The lowest BCUT2D eigenvalue weighted by Crippen LogP contribution is -2.48. The zero-order valence-electron chi connectivity index (χ0n) is 14.5. The number of rotatable bonds is 5. The molecule has 26 heavy (non-hydrogen) atoms. The molecule has 0 atom stereocenters. The van der Waals surface area contributed by atoms with Gasteiger partial charge in [0.05, 0.1) is 29.4 Å². The monoisotopic (exact) mass is 393 g/mol. The number of para-hydroxylation sites is 1. The quantitative estimate of drug-likeness (QED) is 0.839.